The average Bonchev–Trinajstić information content (AvgIpc) is 2.98. The molecule has 2 fully saturated rings. The van der Waals surface area contributed by atoms with E-state index in [4.69, 9.17) is 0 Å². The van der Waals surface area contributed by atoms with Crippen molar-refractivity contribution in [3.63, 3.8) is 0 Å². The van der Waals surface area contributed by atoms with E-state index in [-0.39, 0.29) is 0 Å². The second-order valence-corrected chi connectivity index (χ2v) is 5.24. The van der Waals surface area contributed by atoms with Gasteiger partial charge in [0.1, 0.15) is 0 Å². The van der Waals surface area contributed by atoms with Crippen molar-refractivity contribution in [1.29, 1.82) is 0 Å². The summed E-state index contributed by atoms with van der Waals surface area (Å²) in [7, 11) is 0. The predicted molar refractivity (Wildman–Crippen MR) is 57.7 cm³/mol. The summed E-state index contributed by atoms with van der Waals surface area (Å²) >= 11 is 0. The van der Waals surface area contributed by atoms with Gasteiger partial charge in [0.25, 0.3) is 0 Å². The first-order chi connectivity index (χ1) is 6.35. The van der Waals surface area contributed by atoms with Crippen LogP contribution in [0.5, 0.6) is 0 Å². The molecule has 0 aromatic heterocycles. The third kappa shape index (κ3) is 1.65. The summed E-state index contributed by atoms with van der Waals surface area (Å²) in [6, 6.07) is 0. The zero-order valence-electron chi connectivity index (χ0n) is 9.31. The summed E-state index contributed by atoms with van der Waals surface area (Å²) in [5.41, 5.74) is 0.905. The Balaban J connectivity index is 1.62. The molecule has 0 heterocycles. The minimum Gasteiger partial charge on any atom is -0.0654 e. The van der Waals surface area contributed by atoms with Gasteiger partial charge in [0.15, 0.2) is 0 Å². The van der Waals surface area contributed by atoms with Crippen LogP contribution in [0, 0.1) is 17.3 Å². The molecule has 0 nitrogen and oxygen atoms in total. The van der Waals surface area contributed by atoms with Gasteiger partial charge in [-0.2, -0.15) is 0 Å². The molecule has 2 saturated carbocycles. The lowest BCUT2D eigenvalue weighted by Crippen LogP contribution is -2.10. The lowest BCUT2D eigenvalue weighted by molar-refractivity contribution is 0.295. The van der Waals surface area contributed by atoms with Gasteiger partial charge in [-0.05, 0) is 36.5 Å². The first-order valence-electron chi connectivity index (χ1n) is 6.35. The van der Waals surface area contributed by atoms with Gasteiger partial charge in [0, 0.05) is 0 Å². The van der Waals surface area contributed by atoms with Gasteiger partial charge < -0.3 is 0 Å². The Bertz CT molecular complexity index is 163. The largest absolute Gasteiger partial charge is 0.0654 e. The number of rotatable bonds is 7. The fourth-order valence-corrected chi connectivity index (χ4v) is 3.39. The third-order valence-electron chi connectivity index (χ3n) is 4.37. The van der Waals surface area contributed by atoms with Crippen LogP contribution in [-0.2, 0) is 0 Å². The molecule has 0 N–H and O–H groups in total. The summed E-state index contributed by atoms with van der Waals surface area (Å²) < 4.78 is 0. The van der Waals surface area contributed by atoms with Crippen LogP contribution in [0.1, 0.15) is 65.2 Å². The molecular formula is C13H24. The summed E-state index contributed by atoms with van der Waals surface area (Å²) in [5.74, 6) is 2.41. The summed E-state index contributed by atoms with van der Waals surface area (Å²) in [6.45, 7) is 4.65. The Kier molecular flexibility index (Phi) is 2.67. The van der Waals surface area contributed by atoms with Crippen molar-refractivity contribution in [2.45, 2.75) is 65.2 Å². The van der Waals surface area contributed by atoms with Crippen molar-refractivity contribution in [3.05, 3.63) is 0 Å². The Morgan fingerprint density at radius 1 is 0.923 bits per heavy atom. The van der Waals surface area contributed by atoms with E-state index in [1.807, 2.05) is 0 Å². The standard InChI is InChI=1S/C13H24/c1-3-5-6-7-9-13(8-4-2)11-10-12(11)13/h11-12H,3-10H2,1-2H3. The zero-order valence-corrected chi connectivity index (χ0v) is 9.31. The Morgan fingerprint density at radius 3 is 2.15 bits per heavy atom. The maximum absolute atomic E-state index is 2.35. The van der Waals surface area contributed by atoms with Crippen LogP contribution in [0.25, 0.3) is 0 Å². The maximum atomic E-state index is 2.35. The van der Waals surface area contributed by atoms with E-state index in [9.17, 15) is 0 Å². The molecule has 0 heteroatoms. The molecule has 0 aromatic rings. The molecule has 2 aliphatic carbocycles. The Labute approximate surface area is 83.1 Å². The maximum Gasteiger partial charge on any atom is -0.0235 e. The highest BCUT2D eigenvalue weighted by Crippen LogP contribution is 2.81. The monoisotopic (exact) mass is 180 g/mol. The lowest BCUT2D eigenvalue weighted by atomic mass is 9.84. The van der Waals surface area contributed by atoms with Gasteiger partial charge >= 0.3 is 0 Å². The first kappa shape index (κ1) is 9.55. The van der Waals surface area contributed by atoms with E-state index in [1.165, 1.54) is 50.4 Å². The first-order valence-corrected chi connectivity index (χ1v) is 6.35. The van der Waals surface area contributed by atoms with Crippen LogP contribution in [0.2, 0.25) is 0 Å². The van der Waals surface area contributed by atoms with Gasteiger partial charge in [-0.3, -0.25) is 0 Å². The van der Waals surface area contributed by atoms with Crippen molar-refractivity contribution >= 4 is 0 Å². The van der Waals surface area contributed by atoms with Crippen molar-refractivity contribution in [2.24, 2.45) is 17.3 Å². The molecule has 0 aromatic carbocycles. The van der Waals surface area contributed by atoms with Crippen LogP contribution in [-0.4, -0.2) is 0 Å². The number of fused-ring (bicyclic) bond motifs is 1. The van der Waals surface area contributed by atoms with Crippen LogP contribution in [0.3, 0.4) is 0 Å². The van der Waals surface area contributed by atoms with E-state index in [0.29, 0.717) is 0 Å². The molecule has 76 valence electrons. The second kappa shape index (κ2) is 3.63. The van der Waals surface area contributed by atoms with Gasteiger partial charge in [-0.1, -0.05) is 46.0 Å². The highest BCUT2D eigenvalue weighted by atomic mass is 14.8. The number of unbranched alkanes of at least 4 members (excludes halogenated alkanes) is 3. The quantitative estimate of drug-likeness (QED) is 0.510. The fourth-order valence-electron chi connectivity index (χ4n) is 3.39. The lowest BCUT2D eigenvalue weighted by Gasteiger charge is -2.21. The van der Waals surface area contributed by atoms with Crippen LogP contribution >= 0.6 is 0 Å². The molecule has 0 bridgehead atoms. The molecule has 0 radical (unpaired) electrons. The van der Waals surface area contributed by atoms with Crippen molar-refractivity contribution in [2.75, 3.05) is 0 Å². The molecule has 2 atom stereocenters. The van der Waals surface area contributed by atoms with Crippen molar-refractivity contribution < 1.29 is 0 Å². The minimum atomic E-state index is 0.905. The molecular weight excluding hydrogens is 156 g/mol. The molecule has 2 rings (SSSR count). The van der Waals surface area contributed by atoms with Crippen LogP contribution < -0.4 is 0 Å². The highest BCUT2D eigenvalue weighted by molar-refractivity contribution is 5.22. The molecule has 0 aliphatic heterocycles. The average molecular weight is 180 g/mol. The normalized spacial score (nSPS) is 40.2. The predicted octanol–water partition coefficient (Wildman–Crippen LogP) is 4.39. The number of hydrogen-bond acceptors (Lipinski definition) is 0. The molecule has 2 unspecified atom stereocenters. The highest BCUT2D eigenvalue weighted by Gasteiger charge is 2.74. The van der Waals surface area contributed by atoms with Crippen molar-refractivity contribution in [3.8, 4) is 0 Å². The van der Waals surface area contributed by atoms with Crippen LogP contribution in [0.4, 0.5) is 0 Å². The Morgan fingerprint density at radius 2 is 1.69 bits per heavy atom. The topological polar surface area (TPSA) is 0 Å². The van der Waals surface area contributed by atoms with E-state index in [0.717, 1.165) is 5.41 Å². The van der Waals surface area contributed by atoms with E-state index in [1.54, 1.807) is 12.8 Å². The fraction of sp³-hybridized carbons (Fsp3) is 1.00. The summed E-state index contributed by atoms with van der Waals surface area (Å²) in [4.78, 5) is 0. The minimum absolute atomic E-state index is 0.905. The molecule has 13 heavy (non-hydrogen) atoms. The smallest absolute Gasteiger partial charge is 0.0235 e. The van der Waals surface area contributed by atoms with E-state index >= 15 is 0 Å². The molecule has 0 spiro atoms. The van der Waals surface area contributed by atoms with E-state index < -0.39 is 0 Å². The zero-order chi connectivity index (χ0) is 9.31. The van der Waals surface area contributed by atoms with Gasteiger partial charge in [-0.15, -0.1) is 0 Å². The van der Waals surface area contributed by atoms with Gasteiger partial charge in [0.05, 0.1) is 0 Å². The van der Waals surface area contributed by atoms with Gasteiger partial charge in [-0.25, -0.2) is 0 Å². The summed E-state index contributed by atoms with van der Waals surface area (Å²) in [5, 5.41) is 0. The van der Waals surface area contributed by atoms with E-state index in [2.05, 4.69) is 13.8 Å². The molecule has 0 amide bonds. The third-order valence-corrected chi connectivity index (χ3v) is 4.37. The summed E-state index contributed by atoms with van der Waals surface area (Å²) in [6.07, 6.45) is 12.0. The van der Waals surface area contributed by atoms with Gasteiger partial charge in [0.2, 0.25) is 0 Å². The Hall–Kier alpha value is 0. The number of hydrogen-bond donors (Lipinski definition) is 0. The van der Waals surface area contributed by atoms with Crippen LogP contribution in [0.15, 0.2) is 0 Å². The van der Waals surface area contributed by atoms with Crippen molar-refractivity contribution in [1.82, 2.24) is 0 Å². The second-order valence-electron chi connectivity index (χ2n) is 5.24. The SMILES string of the molecule is CCCCCCC1(CCC)C2CC21. The molecule has 2 aliphatic rings. The molecule has 0 saturated heterocycles.